The van der Waals surface area contributed by atoms with Crippen molar-refractivity contribution in [2.24, 2.45) is 0 Å². The van der Waals surface area contributed by atoms with Crippen molar-refractivity contribution in [2.45, 2.75) is 19.4 Å². The largest absolute Gasteiger partial charge is 0.314 e. The molecule has 3 nitrogen and oxygen atoms in total. The van der Waals surface area contributed by atoms with Gasteiger partial charge in [0.05, 0.1) is 0 Å². The average molecular weight is 326 g/mol. The molecular weight excluding hydrogens is 302 g/mol. The van der Waals surface area contributed by atoms with Crippen molar-refractivity contribution in [3.63, 3.8) is 0 Å². The van der Waals surface area contributed by atoms with E-state index < -0.39 is 0 Å². The molecule has 1 aromatic rings. The first-order chi connectivity index (χ1) is 9.34. The highest BCUT2D eigenvalue weighted by atomic mass is 79.9. The van der Waals surface area contributed by atoms with Gasteiger partial charge in [0.1, 0.15) is 0 Å². The van der Waals surface area contributed by atoms with Crippen LogP contribution in [0.4, 0.5) is 0 Å². The lowest BCUT2D eigenvalue weighted by Gasteiger charge is -2.27. The fourth-order valence-electron chi connectivity index (χ4n) is 2.36. The zero-order valence-corrected chi connectivity index (χ0v) is 13.1. The molecule has 1 saturated heterocycles. The van der Waals surface area contributed by atoms with E-state index >= 15 is 0 Å². The van der Waals surface area contributed by atoms with Gasteiger partial charge in [0.15, 0.2) is 0 Å². The summed E-state index contributed by atoms with van der Waals surface area (Å²) in [5, 5.41) is 6.90. The predicted octanol–water partition coefficient (Wildman–Crippen LogP) is 2.22. The van der Waals surface area contributed by atoms with E-state index in [0.717, 1.165) is 30.7 Å². The Morgan fingerprint density at radius 3 is 2.58 bits per heavy atom. The smallest absolute Gasteiger partial charge is 0.0205 e. The molecule has 2 N–H and O–H groups in total. The minimum atomic E-state index is 0.973. The Hall–Kier alpha value is -0.420. The monoisotopic (exact) mass is 325 g/mol. The molecule has 1 aliphatic heterocycles. The van der Waals surface area contributed by atoms with Crippen LogP contribution in [0.25, 0.3) is 0 Å². The van der Waals surface area contributed by atoms with Gasteiger partial charge in [-0.3, -0.25) is 0 Å². The van der Waals surface area contributed by atoms with E-state index in [1.165, 1.54) is 38.0 Å². The Bertz CT molecular complexity index is 347. The molecule has 2 rings (SSSR count). The average Bonchev–Trinajstić information content (AvgIpc) is 2.46. The van der Waals surface area contributed by atoms with Crippen molar-refractivity contribution in [3.05, 3.63) is 34.3 Å². The predicted molar refractivity (Wildman–Crippen MR) is 84.4 cm³/mol. The Labute approximate surface area is 124 Å². The number of piperazine rings is 1. The normalized spacial score (nSPS) is 16.7. The fourth-order valence-corrected chi connectivity index (χ4v) is 2.62. The zero-order valence-electron chi connectivity index (χ0n) is 11.5. The molecule has 0 unspecified atom stereocenters. The van der Waals surface area contributed by atoms with E-state index in [1.54, 1.807) is 0 Å². The SMILES string of the molecule is Brc1ccc(CNCCCCN2CCNCC2)cc1. The Balaban J connectivity index is 1.49. The minimum Gasteiger partial charge on any atom is -0.314 e. The topological polar surface area (TPSA) is 27.3 Å². The summed E-state index contributed by atoms with van der Waals surface area (Å²) in [5.74, 6) is 0. The summed E-state index contributed by atoms with van der Waals surface area (Å²) in [6.07, 6.45) is 2.56. The molecule has 1 aromatic carbocycles. The van der Waals surface area contributed by atoms with Gasteiger partial charge in [0.25, 0.3) is 0 Å². The molecular formula is C15H24BrN3. The van der Waals surface area contributed by atoms with Gasteiger partial charge in [-0.25, -0.2) is 0 Å². The summed E-state index contributed by atoms with van der Waals surface area (Å²) in [6.45, 7) is 8.08. The molecule has 0 spiro atoms. The summed E-state index contributed by atoms with van der Waals surface area (Å²) < 4.78 is 1.15. The molecule has 4 heteroatoms. The first-order valence-corrected chi connectivity index (χ1v) is 8.02. The summed E-state index contributed by atoms with van der Waals surface area (Å²) in [4.78, 5) is 2.56. The Morgan fingerprint density at radius 2 is 1.84 bits per heavy atom. The van der Waals surface area contributed by atoms with Crippen molar-refractivity contribution in [3.8, 4) is 0 Å². The molecule has 0 saturated carbocycles. The third-order valence-electron chi connectivity index (χ3n) is 3.53. The van der Waals surface area contributed by atoms with Gasteiger partial charge >= 0.3 is 0 Å². The molecule has 0 aliphatic carbocycles. The van der Waals surface area contributed by atoms with E-state index in [4.69, 9.17) is 0 Å². The lowest BCUT2D eigenvalue weighted by Crippen LogP contribution is -2.43. The maximum atomic E-state index is 3.51. The number of hydrogen-bond donors (Lipinski definition) is 2. The van der Waals surface area contributed by atoms with Gasteiger partial charge in [-0.2, -0.15) is 0 Å². The quantitative estimate of drug-likeness (QED) is 0.753. The second-order valence-corrected chi connectivity index (χ2v) is 6.02. The van der Waals surface area contributed by atoms with Crippen molar-refractivity contribution in [2.75, 3.05) is 39.3 Å². The number of rotatable bonds is 7. The highest BCUT2D eigenvalue weighted by Crippen LogP contribution is 2.10. The van der Waals surface area contributed by atoms with Crippen LogP contribution >= 0.6 is 15.9 Å². The maximum Gasteiger partial charge on any atom is 0.0205 e. The lowest BCUT2D eigenvalue weighted by atomic mass is 10.2. The van der Waals surface area contributed by atoms with E-state index in [-0.39, 0.29) is 0 Å². The fraction of sp³-hybridized carbons (Fsp3) is 0.600. The van der Waals surface area contributed by atoms with Gasteiger partial charge in [-0.05, 0) is 43.6 Å². The summed E-state index contributed by atoms with van der Waals surface area (Å²) in [5.41, 5.74) is 1.35. The van der Waals surface area contributed by atoms with E-state index in [9.17, 15) is 0 Å². The van der Waals surface area contributed by atoms with Crippen LogP contribution in [0.3, 0.4) is 0 Å². The number of halogens is 1. The first-order valence-electron chi connectivity index (χ1n) is 7.23. The van der Waals surface area contributed by atoms with Crippen molar-refractivity contribution >= 4 is 15.9 Å². The highest BCUT2D eigenvalue weighted by Gasteiger charge is 2.07. The highest BCUT2D eigenvalue weighted by molar-refractivity contribution is 9.10. The van der Waals surface area contributed by atoms with Gasteiger partial charge in [-0.1, -0.05) is 28.1 Å². The summed E-state index contributed by atoms with van der Waals surface area (Å²) >= 11 is 3.46. The zero-order chi connectivity index (χ0) is 13.3. The summed E-state index contributed by atoms with van der Waals surface area (Å²) in [7, 11) is 0. The van der Waals surface area contributed by atoms with Crippen LogP contribution in [0.15, 0.2) is 28.7 Å². The van der Waals surface area contributed by atoms with Crippen LogP contribution in [0.1, 0.15) is 18.4 Å². The van der Waals surface area contributed by atoms with Crippen LogP contribution in [-0.2, 0) is 6.54 Å². The number of hydrogen-bond acceptors (Lipinski definition) is 3. The second kappa shape index (κ2) is 8.69. The molecule has 106 valence electrons. The second-order valence-electron chi connectivity index (χ2n) is 5.10. The minimum absolute atomic E-state index is 0.973. The molecule has 1 fully saturated rings. The molecule has 0 aromatic heterocycles. The van der Waals surface area contributed by atoms with E-state index in [0.29, 0.717) is 0 Å². The molecule has 0 atom stereocenters. The van der Waals surface area contributed by atoms with Crippen molar-refractivity contribution in [1.29, 1.82) is 0 Å². The van der Waals surface area contributed by atoms with Crippen LogP contribution in [-0.4, -0.2) is 44.2 Å². The third kappa shape index (κ3) is 6.04. The number of nitrogens with one attached hydrogen (secondary N) is 2. The number of benzene rings is 1. The lowest BCUT2D eigenvalue weighted by molar-refractivity contribution is 0.236. The number of unbranched alkanes of at least 4 members (excludes halogenated alkanes) is 1. The summed E-state index contributed by atoms with van der Waals surface area (Å²) in [6, 6.07) is 8.53. The number of nitrogens with zero attached hydrogens (tertiary/aromatic N) is 1. The van der Waals surface area contributed by atoms with E-state index in [1.807, 2.05) is 0 Å². The van der Waals surface area contributed by atoms with Crippen LogP contribution < -0.4 is 10.6 Å². The first kappa shape index (κ1) is 15.0. The standard InChI is InChI=1S/C15H24BrN3/c16-15-5-3-14(4-6-15)13-18-7-1-2-10-19-11-8-17-9-12-19/h3-6,17-18H,1-2,7-13H2. The van der Waals surface area contributed by atoms with Gasteiger partial charge < -0.3 is 15.5 Å². The maximum absolute atomic E-state index is 3.51. The molecule has 19 heavy (non-hydrogen) atoms. The van der Waals surface area contributed by atoms with Crippen molar-refractivity contribution < 1.29 is 0 Å². The van der Waals surface area contributed by atoms with Gasteiger partial charge in [0.2, 0.25) is 0 Å². The molecule has 0 bridgehead atoms. The van der Waals surface area contributed by atoms with Crippen LogP contribution in [0, 0.1) is 0 Å². The van der Waals surface area contributed by atoms with Crippen LogP contribution in [0.5, 0.6) is 0 Å². The molecule has 1 heterocycles. The van der Waals surface area contributed by atoms with E-state index in [2.05, 4.69) is 55.7 Å². The molecule has 1 aliphatic rings. The van der Waals surface area contributed by atoms with Gasteiger partial charge in [-0.15, -0.1) is 0 Å². The van der Waals surface area contributed by atoms with Crippen LogP contribution in [0.2, 0.25) is 0 Å². The Morgan fingerprint density at radius 1 is 1.11 bits per heavy atom. The van der Waals surface area contributed by atoms with Gasteiger partial charge in [0, 0.05) is 37.2 Å². The molecule has 0 radical (unpaired) electrons. The Kier molecular flexibility index (Phi) is 6.85. The van der Waals surface area contributed by atoms with Crippen molar-refractivity contribution in [1.82, 2.24) is 15.5 Å². The molecule has 0 amide bonds. The third-order valence-corrected chi connectivity index (χ3v) is 4.06.